The van der Waals surface area contributed by atoms with Crippen molar-refractivity contribution >= 4 is 11.0 Å². The number of fused-ring (bicyclic) bond motifs is 1. The summed E-state index contributed by atoms with van der Waals surface area (Å²) in [6.45, 7) is 0. The van der Waals surface area contributed by atoms with Gasteiger partial charge >= 0.3 is 0 Å². The quantitative estimate of drug-likeness (QED) is 0.539. The van der Waals surface area contributed by atoms with E-state index in [0.29, 0.717) is 11.4 Å². The Morgan fingerprint density at radius 3 is 2.12 bits per heavy atom. The highest BCUT2D eigenvalue weighted by Gasteiger charge is 2.09. The van der Waals surface area contributed by atoms with E-state index in [2.05, 4.69) is 15.1 Å². The Hall–Kier alpha value is -2.40. The second-order valence-electron chi connectivity index (χ2n) is 3.54. The molecule has 5 heteroatoms. The average Bonchev–Trinajstić information content (AvgIpc) is 2.82. The fourth-order valence-corrected chi connectivity index (χ4v) is 1.67. The van der Waals surface area contributed by atoms with E-state index in [-0.39, 0.29) is 0 Å². The van der Waals surface area contributed by atoms with Crippen LogP contribution in [0.5, 0.6) is 5.75 Å². The minimum Gasteiger partial charge on any atom is -0.338 e. The zero-order valence-corrected chi connectivity index (χ0v) is 8.82. The molecule has 0 aliphatic carbocycles. The van der Waals surface area contributed by atoms with Gasteiger partial charge in [0.2, 0.25) is 0 Å². The molecule has 84 valence electrons. The van der Waals surface area contributed by atoms with Crippen LogP contribution in [0.15, 0.2) is 48.5 Å². The summed E-state index contributed by atoms with van der Waals surface area (Å²) in [5, 5.41) is 17.4. The van der Waals surface area contributed by atoms with E-state index >= 15 is 0 Å². The monoisotopic (exact) mass is 227 g/mol. The molecule has 1 N–H and O–H groups in total. The molecule has 0 spiro atoms. The van der Waals surface area contributed by atoms with Crippen molar-refractivity contribution < 1.29 is 10.1 Å². The van der Waals surface area contributed by atoms with Crippen molar-refractivity contribution in [1.29, 1.82) is 0 Å². The lowest BCUT2D eigenvalue weighted by Gasteiger charge is -2.03. The van der Waals surface area contributed by atoms with Crippen LogP contribution in [0.2, 0.25) is 0 Å². The van der Waals surface area contributed by atoms with E-state index < -0.39 is 0 Å². The molecule has 0 unspecified atom stereocenters. The summed E-state index contributed by atoms with van der Waals surface area (Å²) in [4.78, 5) is 5.74. The maximum Gasteiger partial charge on any atom is 0.192 e. The SMILES string of the molecule is OOc1ccccc1-n1nc2ccccc2n1. The van der Waals surface area contributed by atoms with Crippen LogP contribution in [0, 0.1) is 0 Å². The maximum absolute atomic E-state index is 8.79. The Bertz CT molecular complexity index is 630. The fraction of sp³-hybridized carbons (Fsp3) is 0. The van der Waals surface area contributed by atoms with E-state index in [4.69, 9.17) is 5.26 Å². The molecule has 0 radical (unpaired) electrons. The number of hydrogen-bond acceptors (Lipinski definition) is 4. The number of benzene rings is 2. The van der Waals surface area contributed by atoms with Crippen molar-refractivity contribution in [1.82, 2.24) is 15.0 Å². The van der Waals surface area contributed by atoms with Gasteiger partial charge in [-0.15, -0.1) is 15.0 Å². The fourth-order valence-electron chi connectivity index (χ4n) is 1.67. The van der Waals surface area contributed by atoms with Crippen LogP contribution in [0.1, 0.15) is 0 Å². The molecule has 0 aliphatic heterocycles. The number of hydrogen-bond donors (Lipinski definition) is 1. The molecule has 1 heterocycles. The highest BCUT2D eigenvalue weighted by molar-refractivity contribution is 5.73. The van der Waals surface area contributed by atoms with Crippen molar-refractivity contribution in [3.63, 3.8) is 0 Å². The topological polar surface area (TPSA) is 60.2 Å². The molecule has 2 aromatic carbocycles. The van der Waals surface area contributed by atoms with Gasteiger partial charge in [-0.05, 0) is 24.3 Å². The largest absolute Gasteiger partial charge is 0.338 e. The second kappa shape index (κ2) is 3.88. The molecule has 0 aliphatic rings. The van der Waals surface area contributed by atoms with E-state index in [0.717, 1.165) is 11.0 Å². The molecule has 5 nitrogen and oxygen atoms in total. The highest BCUT2D eigenvalue weighted by atomic mass is 17.1. The smallest absolute Gasteiger partial charge is 0.192 e. The van der Waals surface area contributed by atoms with Crippen molar-refractivity contribution in [3.05, 3.63) is 48.5 Å². The zero-order chi connectivity index (χ0) is 11.7. The Kier molecular flexibility index (Phi) is 2.23. The first kappa shape index (κ1) is 9.80. The summed E-state index contributed by atoms with van der Waals surface area (Å²) in [5.41, 5.74) is 2.17. The van der Waals surface area contributed by atoms with Gasteiger partial charge < -0.3 is 4.89 Å². The minimum absolute atomic E-state index is 0.313. The molecular weight excluding hydrogens is 218 g/mol. The average molecular weight is 227 g/mol. The molecule has 1 aromatic heterocycles. The van der Waals surface area contributed by atoms with E-state index in [1.807, 2.05) is 30.3 Å². The summed E-state index contributed by atoms with van der Waals surface area (Å²) in [6.07, 6.45) is 0. The Labute approximate surface area is 96.8 Å². The van der Waals surface area contributed by atoms with Gasteiger partial charge in [-0.3, -0.25) is 0 Å². The molecular formula is C12H9N3O2. The molecule has 3 aromatic rings. The summed E-state index contributed by atoms with van der Waals surface area (Å²) in [6, 6.07) is 14.5. The van der Waals surface area contributed by atoms with Crippen molar-refractivity contribution in [2.24, 2.45) is 0 Å². The zero-order valence-electron chi connectivity index (χ0n) is 8.82. The van der Waals surface area contributed by atoms with Gasteiger partial charge in [-0.2, -0.15) is 0 Å². The minimum atomic E-state index is 0.313. The third-order valence-electron chi connectivity index (χ3n) is 2.47. The van der Waals surface area contributed by atoms with Crippen molar-refractivity contribution in [3.8, 4) is 11.4 Å². The first-order chi connectivity index (χ1) is 8.38. The third-order valence-corrected chi connectivity index (χ3v) is 2.47. The lowest BCUT2D eigenvalue weighted by molar-refractivity contribution is -0.137. The third kappa shape index (κ3) is 1.62. The molecule has 3 rings (SSSR count). The first-order valence-electron chi connectivity index (χ1n) is 5.11. The van der Waals surface area contributed by atoms with Crippen LogP contribution in [0.25, 0.3) is 16.7 Å². The van der Waals surface area contributed by atoms with Crippen molar-refractivity contribution in [2.45, 2.75) is 0 Å². The Morgan fingerprint density at radius 2 is 1.47 bits per heavy atom. The van der Waals surface area contributed by atoms with Gasteiger partial charge in [-0.1, -0.05) is 24.3 Å². The lowest BCUT2D eigenvalue weighted by atomic mass is 10.3. The van der Waals surface area contributed by atoms with Crippen LogP contribution in [-0.2, 0) is 0 Å². The van der Waals surface area contributed by atoms with Gasteiger partial charge in [0.05, 0.1) is 0 Å². The van der Waals surface area contributed by atoms with E-state index in [1.54, 1.807) is 18.2 Å². The number of nitrogens with zero attached hydrogens (tertiary/aromatic N) is 3. The highest BCUT2D eigenvalue weighted by Crippen LogP contribution is 2.21. The molecule has 17 heavy (non-hydrogen) atoms. The molecule has 0 atom stereocenters. The number of para-hydroxylation sites is 2. The van der Waals surface area contributed by atoms with Crippen LogP contribution >= 0.6 is 0 Å². The van der Waals surface area contributed by atoms with Crippen LogP contribution in [0.3, 0.4) is 0 Å². The van der Waals surface area contributed by atoms with Crippen LogP contribution in [0.4, 0.5) is 0 Å². The van der Waals surface area contributed by atoms with Crippen LogP contribution in [-0.4, -0.2) is 20.3 Å². The molecule has 0 amide bonds. The number of aromatic nitrogens is 3. The second-order valence-corrected chi connectivity index (χ2v) is 3.54. The van der Waals surface area contributed by atoms with Crippen LogP contribution < -0.4 is 4.89 Å². The molecule has 0 saturated carbocycles. The first-order valence-corrected chi connectivity index (χ1v) is 5.11. The standard InChI is InChI=1S/C12H9N3O2/c16-17-12-8-4-3-7-11(12)15-13-9-5-1-2-6-10(9)14-15/h1-8,16H. The maximum atomic E-state index is 8.79. The van der Waals surface area contributed by atoms with Gasteiger partial charge in [0.1, 0.15) is 16.7 Å². The van der Waals surface area contributed by atoms with Crippen molar-refractivity contribution in [2.75, 3.05) is 0 Å². The Balaban J connectivity index is 2.20. The normalized spacial score (nSPS) is 10.6. The predicted molar refractivity (Wildman–Crippen MR) is 62.1 cm³/mol. The number of rotatable bonds is 2. The van der Waals surface area contributed by atoms with E-state index in [9.17, 15) is 0 Å². The van der Waals surface area contributed by atoms with E-state index in [1.165, 1.54) is 4.80 Å². The predicted octanol–water partition coefficient (Wildman–Crippen LogP) is 2.27. The van der Waals surface area contributed by atoms with Gasteiger partial charge in [0, 0.05) is 0 Å². The van der Waals surface area contributed by atoms with Gasteiger partial charge in [0.15, 0.2) is 5.75 Å². The molecule has 0 saturated heterocycles. The summed E-state index contributed by atoms with van der Waals surface area (Å²) in [5.74, 6) is 0.313. The lowest BCUT2D eigenvalue weighted by Crippen LogP contribution is -2.01. The summed E-state index contributed by atoms with van der Waals surface area (Å²) >= 11 is 0. The summed E-state index contributed by atoms with van der Waals surface area (Å²) in [7, 11) is 0. The van der Waals surface area contributed by atoms with Gasteiger partial charge in [-0.25, -0.2) is 5.26 Å². The molecule has 0 fully saturated rings. The Morgan fingerprint density at radius 1 is 0.882 bits per heavy atom. The van der Waals surface area contributed by atoms with Gasteiger partial charge in [0.25, 0.3) is 0 Å². The summed E-state index contributed by atoms with van der Waals surface area (Å²) < 4.78 is 0. The molecule has 0 bridgehead atoms.